The van der Waals surface area contributed by atoms with Gasteiger partial charge in [0, 0.05) is 29.5 Å². The van der Waals surface area contributed by atoms with Crippen LogP contribution in [0.25, 0.3) is 0 Å². The Morgan fingerprint density at radius 3 is 2.28 bits per heavy atom. The number of nitrogens with zero attached hydrogens (tertiary/aromatic N) is 1. The van der Waals surface area contributed by atoms with Crippen molar-refractivity contribution < 1.29 is 41.5 Å². The zero-order valence-electron chi connectivity index (χ0n) is 30.6. The number of ether oxygens (including phenoxy) is 1. The van der Waals surface area contributed by atoms with Crippen LogP contribution in [0.3, 0.4) is 0 Å². The third-order valence-electron chi connectivity index (χ3n) is 10.1. The molecular weight excluding hydrogens is 706 g/mol. The first-order chi connectivity index (χ1) is 25.6. The fourth-order valence-electron chi connectivity index (χ4n) is 7.11. The Kier molecular flexibility index (Phi) is 13.0. The summed E-state index contributed by atoms with van der Waals surface area (Å²) >= 11 is 0. The van der Waals surface area contributed by atoms with E-state index in [-0.39, 0.29) is 29.3 Å². The molecule has 5 rings (SSSR count). The summed E-state index contributed by atoms with van der Waals surface area (Å²) < 4.78 is 62.9. The number of carbonyl (C=O) groups excluding carboxylic acids is 4. The number of amides is 3. The van der Waals surface area contributed by atoms with Gasteiger partial charge in [0.2, 0.25) is 11.8 Å². The minimum atomic E-state index is -4.87. The number of hydrogen-bond acceptors (Lipinski definition) is 7. The lowest BCUT2D eigenvalue weighted by atomic mass is 9.83. The smallest absolute Gasteiger partial charge is 0.416 e. The van der Waals surface area contributed by atoms with E-state index in [1.54, 1.807) is 26.8 Å². The molecule has 1 aliphatic carbocycles. The minimum Gasteiger partial charge on any atom is -0.459 e. The minimum absolute atomic E-state index is 0.101. The summed E-state index contributed by atoms with van der Waals surface area (Å²) in [6.07, 6.45) is 0.270. The molecule has 0 radical (unpaired) electrons. The van der Waals surface area contributed by atoms with E-state index in [9.17, 15) is 32.3 Å². The highest BCUT2D eigenvalue weighted by Gasteiger charge is 2.41. The van der Waals surface area contributed by atoms with Gasteiger partial charge in [0.15, 0.2) is 0 Å². The van der Waals surface area contributed by atoms with Gasteiger partial charge in [-0.15, -0.1) is 0 Å². The number of likely N-dealkylation sites (tertiary alicyclic amines) is 1. The normalized spacial score (nSPS) is 18.3. The van der Waals surface area contributed by atoms with Gasteiger partial charge in [-0.25, -0.2) is 4.39 Å². The second-order valence-corrected chi connectivity index (χ2v) is 14.4. The van der Waals surface area contributed by atoms with Crippen LogP contribution in [0.1, 0.15) is 91.0 Å². The molecule has 5 N–H and O–H groups in total. The van der Waals surface area contributed by atoms with Gasteiger partial charge >= 0.3 is 12.1 Å². The average Bonchev–Trinajstić information content (AvgIpc) is 3.65. The van der Waals surface area contributed by atoms with Crippen molar-refractivity contribution in [2.45, 2.75) is 90.2 Å². The van der Waals surface area contributed by atoms with Crippen LogP contribution in [0.5, 0.6) is 0 Å². The molecule has 290 valence electrons. The van der Waals surface area contributed by atoms with Crippen molar-refractivity contribution in [1.82, 2.24) is 10.2 Å². The Balaban J connectivity index is 1.37. The highest BCUT2D eigenvalue weighted by atomic mass is 19.4. The molecule has 3 aromatic carbocycles. The maximum Gasteiger partial charge on any atom is 0.416 e. The molecule has 54 heavy (non-hydrogen) atoms. The number of carbonyl (C=O) groups is 4. The van der Waals surface area contributed by atoms with Crippen molar-refractivity contribution in [3.63, 3.8) is 0 Å². The van der Waals surface area contributed by atoms with E-state index < -0.39 is 72.4 Å². The highest BCUT2D eigenvalue weighted by molar-refractivity contribution is 5.98. The summed E-state index contributed by atoms with van der Waals surface area (Å²) in [5, 5.41) is 8.45. The molecule has 1 unspecified atom stereocenters. The first-order valence-electron chi connectivity index (χ1n) is 18.3. The quantitative estimate of drug-likeness (QED) is 0.117. The van der Waals surface area contributed by atoms with Crippen molar-refractivity contribution in [2.24, 2.45) is 17.6 Å². The van der Waals surface area contributed by atoms with E-state index in [1.165, 1.54) is 23.1 Å². The maximum atomic E-state index is 15.1. The molecule has 2 aliphatic rings. The molecule has 1 saturated heterocycles. The molecule has 3 amide bonds. The zero-order valence-corrected chi connectivity index (χ0v) is 30.6. The summed E-state index contributed by atoms with van der Waals surface area (Å²) in [5.74, 6) is -4.52. The van der Waals surface area contributed by atoms with E-state index in [0.29, 0.717) is 30.0 Å². The van der Waals surface area contributed by atoms with Gasteiger partial charge in [0.1, 0.15) is 19.0 Å². The number of piperidine rings is 1. The predicted molar refractivity (Wildman–Crippen MR) is 196 cm³/mol. The molecule has 1 aliphatic heterocycles. The van der Waals surface area contributed by atoms with Crippen LogP contribution < -0.4 is 21.7 Å². The van der Waals surface area contributed by atoms with Gasteiger partial charge in [-0.3, -0.25) is 19.2 Å². The third kappa shape index (κ3) is 9.76. The van der Waals surface area contributed by atoms with E-state index >= 15 is 4.39 Å². The monoisotopic (exact) mass is 753 g/mol. The SMILES string of the molecule is Cc1cccc(F)c1C(=O)N1CCC[C@H](C(=O)Nc2ccc(COC(=O)CNC(=O)[C@H](N)C(C)C)c(C(F)(F)F)c2)C1c1ccc(NC2CCCC2)cc1. The first kappa shape index (κ1) is 40.2. The molecule has 14 heteroatoms. The number of nitrogens with one attached hydrogen (secondary N) is 3. The Labute approximate surface area is 312 Å². The second-order valence-electron chi connectivity index (χ2n) is 14.4. The molecule has 3 atom stereocenters. The standard InChI is InChI=1S/C40H47F4N5O5/c1-23(2)35(45)38(52)46-21-33(50)54-22-26-15-18-29(20-31(26)40(42,43)44)48-37(51)30-11-7-19-49(39(53)34-24(3)8-6-12-32(34)41)36(30)25-13-16-28(17-14-25)47-27-9-4-5-10-27/h6,8,12-18,20,23,27,30,35-36,47H,4-5,7,9-11,19,21-22,45H2,1-3H3,(H,46,52)(H,48,51)/t30-,35+,36?/m0/s1. The Morgan fingerprint density at radius 1 is 0.944 bits per heavy atom. The molecule has 1 heterocycles. The van der Waals surface area contributed by atoms with Crippen molar-refractivity contribution in [1.29, 1.82) is 0 Å². The Morgan fingerprint density at radius 2 is 1.63 bits per heavy atom. The number of anilines is 2. The van der Waals surface area contributed by atoms with Crippen molar-refractivity contribution in [3.05, 3.63) is 94.3 Å². The lowest BCUT2D eigenvalue weighted by molar-refractivity contribution is -0.147. The van der Waals surface area contributed by atoms with E-state index in [4.69, 9.17) is 10.5 Å². The van der Waals surface area contributed by atoms with Crippen LogP contribution in [-0.2, 0) is 31.9 Å². The van der Waals surface area contributed by atoms with Gasteiger partial charge < -0.3 is 31.3 Å². The third-order valence-corrected chi connectivity index (χ3v) is 10.1. The fourth-order valence-corrected chi connectivity index (χ4v) is 7.11. The fraction of sp³-hybridized carbons (Fsp3) is 0.450. The Bertz CT molecular complexity index is 1810. The summed E-state index contributed by atoms with van der Waals surface area (Å²) in [4.78, 5) is 53.8. The van der Waals surface area contributed by atoms with E-state index in [2.05, 4.69) is 16.0 Å². The number of halogens is 4. The molecule has 3 aromatic rings. The zero-order chi connectivity index (χ0) is 39.2. The summed E-state index contributed by atoms with van der Waals surface area (Å²) in [6, 6.07) is 13.5. The maximum absolute atomic E-state index is 15.1. The average molecular weight is 754 g/mol. The molecular formula is C40H47F4N5O5. The topological polar surface area (TPSA) is 143 Å². The largest absolute Gasteiger partial charge is 0.459 e. The Hall–Kier alpha value is -4.98. The molecule has 0 spiro atoms. The number of hydrogen-bond donors (Lipinski definition) is 4. The summed E-state index contributed by atoms with van der Waals surface area (Å²) in [7, 11) is 0. The second kappa shape index (κ2) is 17.4. The van der Waals surface area contributed by atoms with Crippen LogP contribution in [0.4, 0.5) is 28.9 Å². The van der Waals surface area contributed by atoms with Crippen LogP contribution in [0.2, 0.25) is 0 Å². The van der Waals surface area contributed by atoms with Crippen LogP contribution >= 0.6 is 0 Å². The van der Waals surface area contributed by atoms with Crippen LogP contribution in [0, 0.1) is 24.6 Å². The van der Waals surface area contributed by atoms with Crippen molar-refractivity contribution in [2.75, 3.05) is 23.7 Å². The van der Waals surface area contributed by atoms with Gasteiger partial charge in [-0.2, -0.15) is 13.2 Å². The summed E-state index contributed by atoms with van der Waals surface area (Å²) in [5.41, 5.74) is 5.95. The van der Waals surface area contributed by atoms with E-state index in [0.717, 1.165) is 43.5 Å². The number of esters is 1. The lowest BCUT2D eigenvalue weighted by Gasteiger charge is -2.41. The van der Waals surface area contributed by atoms with Gasteiger partial charge in [-0.05, 0) is 80.0 Å². The van der Waals surface area contributed by atoms with Gasteiger partial charge in [-0.1, -0.05) is 57.0 Å². The molecule has 2 fully saturated rings. The summed E-state index contributed by atoms with van der Waals surface area (Å²) in [6.45, 7) is 4.00. The highest BCUT2D eigenvalue weighted by Crippen LogP contribution is 2.40. The molecule has 0 aromatic heterocycles. The van der Waals surface area contributed by atoms with Crippen molar-refractivity contribution in [3.8, 4) is 0 Å². The number of rotatable bonds is 12. The first-order valence-corrected chi connectivity index (χ1v) is 18.3. The molecule has 0 bridgehead atoms. The van der Waals surface area contributed by atoms with Crippen LogP contribution in [0.15, 0.2) is 60.7 Å². The molecule has 1 saturated carbocycles. The lowest BCUT2D eigenvalue weighted by Crippen LogP contribution is -2.46. The van der Waals surface area contributed by atoms with E-state index in [1.807, 2.05) is 24.3 Å². The van der Waals surface area contributed by atoms with Gasteiger partial charge in [0.05, 0.1) is 29.1 Å². The number of nitrogens with two attached hydrogens (primary N) is 1. The number of alkyl halides is 3. The van der Waals surface area contributed by atoms with Gasteiger partial charge in [0.25, 0.3) is 5.91 Å². The predicted octanol–water partition coefficient (Wildman–Crippen LogP) is 6.88. The van der Waals surface area contributed by atoms with Crippen molar-refractivity contribution >= 4 is 35.1 Å². The number of aryl methyl sites for hydroxylation is 1. The van der Waals surface area contributed by atoms with Crippen LogP contribution in [-0.4, -0.2) is 53.8 Å². The number of benzene rings is 3. The molecule has 10 nitrogen and oxygen atoms in total.